The monoisotopic (exact) mass is 359 g/mol. The predicted octanol–water partition coefficient (Wildman–Crippen LogP) is 4.03. The summed E-state index contributed by atoms with van der Waals surface area (Å²) >= 11 is 0. The Morgan fingerprint density at radius 3 is 2.26 bits per heavy atom. The first kappa shape index (κ1) is 18.5. The molecule has 0 saturated heterocycles. The fourth-order valence-electron chi connectivity index (χ4n) is 3.35. The Morgan fingerprint density at radius 1 is 0.926 bits per heavy atom. The molecular weight excluding hydrogens is 336 g/mol. The quantitative estimate of drug-likeness (QED) is 0.552. The fourth-order valence-corrected chi connectivity index (χ4v) is 3.35. The van der Waals surface area contributed by atoms with E-state index in [2.05, 4.69) is 5.32 Å². The van der Waals surface area contributed by atoms with Crippen molar-refractivity contribution in [2.45, 2.75) is 27.3 Å². The molecule has 0 aliphatic heterocycles. The molecule has 1 aromatic heterocycles. The van der Waals surface area contributed by atoms with E-state index in [9.17, 15) is 9.59 Å². The molecule has 0 bridgehead atoms. The van der Waals surface area contributed by atoms with Gasteiger partial charge in [-0.1, -0.05) is 35.9 Å². The first-order valence-corrected chi connectivity index (χ1v) is 8.90. The van der Waals surface area contributed by atoms with E-state index < -0.39 is 0 Å². The summed E-state index contributed by atoms with van der Waals surface area (Å²) in [5.41, 5.74) is 5.15. The first-order valence-electron chi connectivity index (χ1n) is 8.90. The number of Topliss-reactive ketones (excluding diaryl/α,β-unsaturated/α-hetero) is 1. The molecule has 0 aliphatic rings. The van der Waals surface area contributed by atoms with Crippen LogP contribution < -0.4 is 9.88 Å². The third kappa shape index (κ3) is 4.47. The second-order valence-electron chi connectivity index (χ2n) is 6.78. The number of nitrogens with one attached hydrogen (secondary N) is 1. The summed E-state index contributed by atoms with van der Waals surface area (Å²) < 4.78 is 1.79. The molecule has 136 valence electrons. The third-order valence-corrected chi connectivity index (χ3v) is 4.43. The Balaban J connectivity index is 1.76. The number of benzene rings is 2. The molecule has 1 N–H and O–H groups in total. The number of pyridine rings is 1. The molecule has 1 amide bonds. The number of nitrogens with zero attached hydrogens (tertiary/aromatic N) is 1. The Hall–Kier alpha value is -3.27. The van der Waals surface area contributed by atoms with Gasteiger partial charge in [0.05, 0.1) is 0 Å². The highest BCUT2D eigenvalue weighted by molar-refractivity contribution is 6.04. The van der Waals surface area contributed by atoms with Gasteiger partial charge in [-0.2, -0.15) is 4.57 Å². The van der Waals surface area contributed by atoms with E-state index in [1.807, 2.05) is 69.4 Å². The fraction of sp³-hybridized carbons (Fsp3) is 0.174. The second-order valence-corrected chi connectivity index (χ2v) is 6.78. The third-order valence-electron chi connectivity index (χ3n) is 4.43. The van der Waals surface area contributed by atoms with Crippen molar-refractivity contribution in [3.63, 3.8) is 0 Å². The van der Waals surface area contributed by atoms with Crippen molar-refractivity contribution >= 4 is 17.4 Å². The van der Waals surface area contributed by atoms with Gasteiger partial charge in [0.1, 0.15) is 5.69 Å². The average molecular weight is 359 g/mol. The zero-order chi connectivity index (χ0) is 19.4. The van der Waals surface area contributed by atoms with Crippen molar-refractivity contribution < 1.29 is 14.2 Å². The largest absolute Gasteiger partial charge is 0.317 e. The van der Waals surface area contributed by atoms with Crippen molar-refractivity contribution in [2.24, 2.45) is 0 Å². The number of aromatic nitrogens is 1. The molecule has 3 aromatic rings. The Labute approximate surface area is 159 Å². The summed E-state index contributed by atoms with van der Waals surface area (Å²) in [6, 6.07) is 16.7. The van der Waals surface area contributed by atoms with Crippen LogP contribution in [0.15, 0.2) is 67.0 Å². The summed E-state index contributed by atoms with van der Waals surface area (Å²) in [4.78, 5) is 25.1. The topological polar surface area (TPSA) is 50.0 Å². The van der Waals surface area contributed by atoms with E-state index in [4.69, 9.17) is 0 Å². The van der Waals surface area contributed by atoms with Gasteiger partial charge in [-0.15, -0.1) is 0 Å². The summed E-state index contributed by atoms with van der Waals surface area (Å²) in [5.74, 6) is -0.119. The van der Waals surface area contributed by atoms with E-state index >= 15 is 0 Å². The van der Waals surface area contributed by atoms with Crippen molar-refractivity contribution in [1.29, 1.82) is 0 Å². The minimum Gasteiger partial charge on any atom is -0.317 e. The van der Waals surface area contributed by atoms with Crippen LogP contribution in [0.3, 0.4) is 0 Å². The first-order chi connectivity index (χ1) is 12.9. The number of ketones is 1. The molecule has 1 heterocycles. The average Bonchev–Trinajstić information content (AvgIpc) is 2.62. The molecule has 0 saturated carbocycles. The number of aryl methyl sites for hydroxylation is 3. The predicted molar refractivity (Wildman–Crippen MR) is 106 cm³/mol. The van der Waals surface area contributed by atoms with Crippen LogP contribution in [0.5, 0.6) is 0 Å². The molecule has 27 heavy (non-hydrogen) atoms. The van der Waals surface area contributed by atoms with E-state index in [0.717, 1.165) is 22.3 Å². The van der Waals surface area contributed by atoms with Crippen molar-refractivity contribution in [3.05, 3.63) is 94.8 Å². The highest BCUT2D eigenvalue weighted by atomic mass is 16.1. The Kier molecular flexibility index (Phi) is 5.46. The summed E-state index contributed by atoms with van der Waals surface area (Å²) in [7, 11) is 0. The molecule has 0 radical (unpaired) electrons. The van der Waals surface area contributed by atoms with Gasteiger partial charge in [0.2, 0.25) is 12.3 Å². The van der Waals surface area contributed by atoms with E-state index in [0.29, 0.717) is 11.3 Å². The molecule has 3 rings (SSSR count). The lowest BCUT2D eigenvalue weighted by molar-refractivity contribution is -0.682. The lowest BCUT2D eigenvalue weighted by Crippen LogP contribution is -2.38. The SMILES string of the molecule is Cc1cc(C)c(C(=O)C[n+]2cccc(NC(=O)c3ccccc3)c2)c(C)c1. The van der Waals surface area contributed by atoms with Gasteiger partial charge in [0, 0.05) is 17.2 Å². The number of hydrogen-bond donors (Lipinski definition) is 1. The van der Waals surface area contributed by atoms with Gasteiger partial charge < -0.3 is 5.32 Å². The van der Waals surface area contributed by atoms with E-state index in [-0.39, 0.29) is 18.2 Å². The zero-order valence-corrected chi connectivity index (χ0v) is 15.8. The molecular formula is C23H23N2O2+. The molecule has 0 aliphatic carbocycles. The highest BCUT2D eigenvalue weighted by Crippen LogP contribution is 2.17. The Bertz CT molecular complexity index is 971. The van der Waals surface area contributed by atoms with Crippen LogP contribution in [-0.2, 0) is 6.54 Å². The van der Waals surface area contributed by atoms with Crippen LogP contribution in [0.4, 0.5) is 5.69 Å². The maximum absolute atomic E-state index is 12.8. The lowest BCUT2D eigenvalue weighted by atomic mass is 9.96. The standard InChI is InChI=1S/C23H22N2O2/c1-16-12-17(2)22(18(3)13-16)21(26)15-25-11-7-10-20(14-25)24-23(27)19-8-5-4-6-9-19/h4-14H,15H2,1-3H3/p+1. The molecule has 0 atom stereocenters. The van der Waals surface area contributed by atoms with Gasteiger partial charge >= 0.3 is 0 Å². The van der Waals surface area contributed by atoms with Crippen LogP contribution >= 0.6 is 0 Å². The number of carbonyl (C=O) groups is 2. The number of anilines is 1. The lowest BCUT2D eigenvalue weighted by Gasteiger charge is -2.09. The maximum Gasteiger partial charge on any atom is 0.255 e. The van der Waals surface area contributed by atoms with Gasteiger partial charge in [-0.25, -0.2) is 0 Å². The smallest absolute Gasteiger partial charge is 0.255 e. The summed E-state index contributed by atoms with van der Waals surface area (Å²) in [5, 5.41) is 2.87. The van der Waals surface area contributed by atoms with Crippen molar-refractivity contribution in [3.8, 4) is 0 Å². The second kappa shape index (κ2) is 7.96. The Morgan fingerprint density at radius 2 is 1.59 bits per heavy atom. The van der Waals surface area contributed by atoms with Crippen LogP contribution in [0, 0.1) is 20.8 Å². The number of hydrogen-bond acceptors (Lipinski definition) is 2. The summed E-state index contributed by atoms with van der Waals surface area (Å²) in [6.45, 7) is 6.19. The molecule has 0 spiro atoms. The molecule has 4 nitrogen and oxygen atoms in total. The van der Waals surface area contributed by atoms with Crippen molar-refractivity contribution in [1.82, 2.24) is 0 Å². The molecule has 2 aromatic carbocycles. The van der Waals surface area contributed by atoms with Crippen LogP contribution in [0.25, 0.3) is 0 Å². The van der Waals surface area contributed by atoms with Crippen LogP contribution in [0.1, 0.15) is 37.4 Å². The number of carbonyl (C=O) groups excluding carboxylic acids is 2. The van der Waals surface area contributed by atoms with Gasteiger partial charge in [-0.3, -0.25) is 9.59 Å². The van der Waals surface area contributed by atoms with Crippen LogP contribution in [0.2, 0.25) is 0 Å². The molecule has 4 heteroatoms. The van der Waals surface area contributed by atoms with Crippen LogP contribution in [-0.4, -0.2) is 11.7 Å². The number of amides is 1. The molecule has 0 unspecified atom stereocenters. The van der Waals surface area contributed by atoms with Crippen molar-refractivity contribution in [2.75, 3.05) is 5.32 Å². The van der Waals surface area contributed by atoms with Gasteiger partial charge in [0.25, 0.3) is 5.91 Å². The summed E-state index contributed by atoms with van der Waals surface area (Å²) in [6.07, 6.45) is 3.60. The highest BCUT2D eigenvalue weighted by Gasteiger charge is 2.18. The normalized spacial score (nSPS) is 10.5. The van der Waals surface area contributed by atoms with E-state index in [1.165, 1.54) is 0 Å². The zero-order valence-electron chi connectivity index (χ0n) is 15.8. The minimum absolute atomic E-state index is 0.0570. The molecule has 0 fully saturated rings. The van der Waals surface area contributed by atoms with E-state index in [1.54, 1.807) is 22.9 Å². The van der Waals surface area contributed by atoms with Gasteiger partial charge in [0.15, 0.2) is 12.4 Å². The maximum atomic E-state index is 12.8. The minimum atomic E-state index is -0.176. The van der Waals surface area contributed by atoms with Gasteiger partial charge in [-0.05, 0) is 50.1 Å². The number of rotatable bonds is 5.